The first kappa shape index (κ1) is 21.3. The molecule has 0 radical (unpaired) electrons. The van der Waals surface area contributed by atoms with Crippen molar-refractivity contribution in [2.24, 2.45) is 5.73 Å². The molecule has 1 unspecified atom stereocenters. The Labute approximate surface area is 174 Å². The van der Waals surface area contributed by atoms with Gasteiger partial charge in [-0.15, -0.1) is 0 Å². The van der Waals surface area contributed by atoms with Gasteiger partial charge >= 0.3 is 0 Å². The Morgan fingerprint density at radius 2 is 1.45 bits per heavy atom. The molecule has 1 heterocycles. The van der Waals surface area contributed by atoms with E-state index in [2.05, 4.69) is 17.0 Å². The third kappa shape index (κ3) is 5.13. The number of carbonyl (C=O) groups excluding carboxylic acids is 2. The average molecular weight is 393 g/mol. The molecule has 0 aromatic heterocycles. The molecule has 1 fully saturated rings. The maximum absolute atomic E-state index is 13.2. The summed E-state index contributed by atoms with van der Waals surface area (Å²) >= 11 is 0. The zero-order valence-electron chi connectivity index (χ0n) is 17.6. The van der Waals surface area contributed by atoms with Crippen LogP contribution in [0.3, 0.4) is 0 Å². The minimum atomic E-state index is -0.956. The molecule has 0 spiro atoms. The van der Waals surface area contributed by atoms with E-state index < -0.39 is 5.54 Å². The first-order valence-electron chi connectivity index (χ1n) is 10.7. The van der Waals surface area contributed by atoms with Gasteiger partial charge in [0.2, 0.25) is 0 Å². The van der Waals surface area contributed by atoms with Gasteiger partial charge in [-0.25, -0.2) is 0 Å². The quantitative estimate of drug-likeness (QED) is 0.687. The van der Waals surface area contributed by atoms with Crippen LogP contribution < -0.4 is 10.6 Å². The van der Waals surface area contributed by atoms with Crippen molar-refractivity contribution in [3.8, 4) is 0 Å². The predicted molar refractivity (Wildman–Crippen MR) is 119 cm³/mol. The second-order valence-electron chi connectivity index (χ2n) is 8.22. The second kappa shape index (κ2) is 9.36. The second-order valence-corrected chi connectivity index (χ2v) is 8.22. The summed E-state index contributed by atoms with van der Waals surface area (Å²) in [7, 11) is 0. The summed E-state index contributed by atoms with van der Waals surface area (Å²) in [6, 6.07) is 15.3. The van der Waals surface area contributed by atoms with Crippen LogP contribution in [0.2, 0.25) is 0 Å². The average Bonchev–Trinajstić information content (AvgIpc) is 3.03. The van der Waals surface area contributed by atoms with Crippen molar-refractivity contribution in [3.05, 3.63) is 65.2 Å². The number of nitrogens with two attached hydrogens (primary N) is 1. The molecule has 0 amide bonds. The number of Topliss-reactive ketones (excluding diaryl/α,β-unsaturated/α-hetero) is 2. The first-order chi connectivity index (χ1) is 13.9. The van der Waals surface area contributed by atoms with Gasteiger partial charge in [-0.3, -0.25) is 9.59 Å². The van der Waals surface area contributed by atoms with Gasteiger partial charge in [0.15, 0.2) is 11.6 Å². The fourth-order valence-corrected chi connectivity index (χ4v) is 4.03. The Kier molecular flexibility index (Phi) is 6.86. The Morgan fingerprint density at radius 1 is 0.897 bits per heavy atom. The molecule has 2 aromatic carbocycles. The highest BCUT2D eigenvalue weighted by atomic mass is 16.1. The molecule has 2 N–H and O–H groups in total. The Balaban J connectivity index is 1.74. The molecule has 154 valence electrons. The summed E-state index contributed by atoms with van der Waals surface area (Å²) in [5.74, 6) is 0.00434. The van der Waals surface area contributed by atoms with E-state index in [1.54, 1.807) is 19.1 Å². The highest BCUT2D eigenvalue weighted by Gasteiger charge is 2.33. The van der Waals surface area contributed by atoms with Crippen molar-refractivity contribution >= 4 is 17.3 Å². The van der Waals surface area contributed by atoms with E-state index in [-0.39, 0.29) is 11.6 Å². The third-order valence-corrected chi connectivity index (χ3v) is 6.06. The zero-order valence-corrected chi connectivity index (χ0v) is 17.6. The Hall–Kier alpha value is -2.46. The van der Waals surface area contributed by atoms with Crippen molar-refractivity contribution in [1.29, 1.82) is 0 Å². The molecule has 1 aliphatic heterocycles. The summed E-state index contributed by atoms with van der Waals surface area (Å²) in [4.78, 5) is 27.1. The molecular formula is C25H32N2O2. The SMILES string of the molecule is CCC(N)(Cc1ccc(C(C)=O)cc1)C(=O)c1ccc(N2CCCCCC2)cc1. The van der Waals surface area contributed by atoms with Crippen molar-refractivity contribution in [3.63, 3.8) is 0 Å². The van der Waals surface area contributed by atoms with Crippen LogP contribution in [0.1, 0.15) is 72.2 Å². The van der Waals surface area contributed by atoms with Crippen molar-refractivity contribution in [2.45, 2.75) is 57.9 Å². The molecule has 4 heteroatoms. The van der Waals surface area contributed by atoms with E-state index in [1.165, 1.54) is 31.4 Å². The third-order valence-electron chi connectivity index (χ3n) is 6.06. The van der Waals surface area contributed by atoms with E-state index >= 15 is 0 Å². The zero-order chi connectivity index (χ0) is 20.9. The maximum atomic E-state index is 13.2. The van der Waals surface area contributed by atoms with Crippen molar-refractivity contribution in [1.82, 2.24) is 0 Å². The molecule has 1 aliphatic rings. The lowest BCUT2D eigenvalue weighted by Crippen LogP contribution is -2.49. The van der Waals surface area contributed by atoms with Gasteiger partial charge in [0, 0.05) is 29.9 Å². The number of rotatable bonds is 7. The standard InChI is InChI=1S/C25H32N2O2/c1-3-25(26,18-20-8-10-21(11-9-20)19(2)28)24(29)22-12-14-23(15-13-22)27-16-6-4-5-7-17-27/h8-15H,3-7,16-18,26H2,1-2H3. The lowest BCUT2D eigenvalue weighted by atomic mass is 9.82. The molecule has 3 rings (SSSR count). The van der Waals surface area contributed by atoms with Crippen LogP contribution in [-0.2, 0) is 6.42 Å². The monoisotopic (exact) mass is 392 g/mol. The van der Waals surface area contributed by atoms with Crippen molar-refractivity contribution in [2.75, 3.05) is 18.0 Å². The molecule has 2 aromatic rings. The highest BCUT2D eigenvalue weighted by molar-refractivity contribution is 6.03. The summed E-state index contributed by atoms with van der Waals surface area (Å²) < 4.78 is 0. The van der Waals surface area contributed by atoms with Crippen LogP contribution in [0.25, 0.3) is 0 Å². The minimum absolute atomic E-state index is 0.0296. The number of carbonyl (C=O) groups is 2. The maximum Gasteiger partial charge on any atom is 0.182 e. The van der Waals surface area contributed by atoms with Gasteiger partial charge < -0.3 is 10.6 Å². The summed E-state index contributed by atoms with van der Waals surface area (Å²) in [5, 5.41) is 0. The Bertz CT molecular complexity index is 834. The van der Waals surface area contributed by atoms with Gasteiger partial charge in [-0.2, -0.15) is 0 Å². The smallest absolute Gasteiger partial charge is 0.182 e. The normalized spacial score (nSPS) is 16.7. The van der Waals surface area contributed by atoms with Crippen LogP contribution >= 0.6 is 0 Å². The lowest BCUT2D eigenvalue weighted by molar-refractivity contribution is 0.0882. The van der Waals surface area contributed by atoms with Crippen LogP contribution in [0.4, 0.5) is 5.69 Å². The number of benzene rings is 2. The number of nitrogens with zero attached hydrogens (tertiary/aromatic N) is 1. The van der Waals surface area contributed by atoms with E-state index in [4.69, 9.17) is 5.73 Å². The van der Waals surface area contributed by atoms with Gasteiger partial charge in [0.25, 0.3) is 0 Å². The predicted octanol–water partition coefficient (Wildman–Crippen LogP) is 4.80. The largest absolute Gasteiger partial charge is 0.372 e. The molecule has 1 saturated heterocycles. The topological polar surface area (TPSA) is 63.4 Å². The van der Waals surface area contributed by atoms with Crippen LogP contribution in [0.5, 0.6) is 0 Å². The highest BCUT2D eigenvalue weighted by Crippen LogP contribution is 2.24. The molecule has 29 heavy (non-hydrogen) atoms. The molecule has 1 atom stereocenters. The van der Waals surface area contributed by atoms with Gasteiger partial charge in [-0.1, -0.05) is 44.0 Å². The Morgan fingerprint density at radius 3 is 1.97 bits per heavy atom. The van der Waals surface area contributed by atoms with Crippen molar-refractivity contribution < 1.29 is 9.59 Å². The number of hydrogen-bond donors (Lipinski definition) is 1. The summed E-state index contributed by atoms with van der Waals surface area (Å²) in [6.07, 6.45) is 6.05. The van der Waals surface area contributed by atoms with E-state index in [0.717, 1.165) is 18.7 Å². The molecule has 0 bridgehead atoms. The van der Waals surface area contributed by atoms with E-state index in [1.807, 2.05) is 31.2 Å². The number of hydrogen-bond acceptors (Lipinski definition) is 4. The molecule has 4 nitrogen and oxygen atoms in total. The molecular weight excluding hydrogens is 360 g/mol. The minimum Gasteiger partial charge on any atom is -0.372 e. The molecule has 0 saturated carbocycles. The first-order valence-corrected chi connectivity index (χ1v) is 10.7. The van der Waals surface area contributed by atoms with Gasteiger partial charge in [-0.05, 0) is 62.4 Å². The van der Waals surface area contributed by atoms with Gasteiger partial charge in [0.05, 0.1) is 5.54 Å². The number of ketones is 2. The fraction of sp³-hybridized carbons (Fsp3) is 0.440. The van der Waals surface area contributed by atoms with Gasteiger partial charge in [0.1, 0.15) is 0 Å². The lowest BCUT2D eigenvalue weighted by Gasteiger charge is -2.28. The van der Waals surface area contributed by atoms with Crippen LogP contribution in [0.15, 0.2) is 48.5 Å². The van der Waals surface area contributed by atoms with E-state index in [9.17, 15) is 9.59 Å². The van der Waals surface area contributed by atoms with Crippen LogP contribution in [0, 0.1) is 0 Å². The summed E-state index contributed by atoms with van der Waals surface area (Å²) in [6.45, 7) is 5.67. The van der Waals surface area contributed by atoms with Crippen LogP contribution in [-0.4, -0.2) is 30.2 Å². The fourth-order valence-electron chi connectivity index (χ4n) is 4.03. The summed E-state index contributed by atoms with van der Waals surface area (Å²) in [5.41, 5.74) is 9.10. The van der Waals surface area contributed by atoms with E-state index in [0.29, 0.717) is 24.0 Å². The number of anilines is 1. The molecule has 0 aliphatic carbocycles.